The number of halogens is 1. The van der Waals surface area contributed by atoms with E-state index in [1.807, 2.05) is 30.3 Å². The van der Waals surface area contributed by atoms with Gasteiger partial charge < -0.3 is 24.8 Å². The van der Waals surface area contributed by atoms with Crippen molar-refractivity contribution in [2.45, 2.75) is 26.3 Å². The number of phenols is 1. The molecule has 0 bridgehead atoms. The van der Waals surface area contributed by atoms with E-state index in [0.29, 0.717) is 34.3 Å². The van der Waals surface area contributed by atoms with Crippen LogP contribution in [0, 0.1) is 0 Å². The molecule has 2 amide bonds. The first-order chi connectivity index (χ1) is 14.8. The first-order valence-corrected chi connectivity index (χ1v) is 10.7. The smallest absolute Gasteiger partial charge is 0.338 e. The predicted octanol–water partition coefficient (Wildman–Crippen LogP) is 4.31. The maximum atomic E-state index is 13.0. The molecule has 1 heterocycles. The van der Waals surface area contributed by atoms with E-state index in [1.165, 1.54) is 4.90 Å². The van der Waals surface area contributed by atoms with Gasteiger partial charge in [-0.3, -0.25) is 0 Å². The summed E-state index contributed by atoms with van der Waals surface area (Å²) in [6.45, 7) is 4.08. The number of nitrogens with one attached hydrogen (secondary N) is 1. The van der Waals surface area contributed by atoms with Gasteiger partial charge in [-0.25, -0.2) is 9.59 Å². The Labute approximate surface area is 189 Å². The van der Waals surface area contributed by atoms with E-state index in [4.69, 9.17) is 9.47 Å². The Balaban J connectivity index is 1.89. The second-order valence-corrected chi connectivity index (χ2v) is 7.95. The molecule has 0 aliphatic carbocycles. The van der Waals surface area contributed by atoms with Crippen LogP contribution in [0.4, 0.5) is 4.79 Å². The first-order valence-electron chi connectivity index (χ1n) is 9.94. The minimum Gasteiger partial charge on any atom is -0.503 e. The summed E-state index contributed by atoms with van der Waals surface area (Å²) in [6.07, 6.45) is 0.588. The Hall–Kier alpha value is -3.00. The molecule has 1 aliphatic heterocycles. The monoisotopic (exact) mass is 488 g/mol. The Morgan fingerprint density at radius 1 is 1.26 bits per heavy atom. The van der Waals surface area contributed by atoms with Crippen molar-refractivity contribution >= 4 is 27.9 Å². The predicted molar refractivity (Wildman–Crippen MR) is 120 cm³/mol. The molecule has 0 radical (unpaired) electrons. The van der Waals surface area contributed by atoms with Crippen LogP contribution in [0.15, 0.2) is 58.2 Å². The Kier molecular flexibility index (Phi) is 7.22. The highest BCUT2D eigenvalue weighted by molar-refractivity contribution is 9.10. The lowest BCUT2D eigenvalue weighted by molar-refractivity contribution is -0.139. The lowest BCUT2D eigenvalue weighted by Crippen LogP contribution is -2.46. The number of urea groups is 1. The summed E-state index contributed by atoms with van der Waals surface area (Å²) in [4.78, 5) is 26.9. The van der Waals surface area contributed by atoms with Gasteiger partial charge in [0.05, 0.1) is 29.3 Å². The van der Waals surface area contributed by atoms with Crippen LogP contribution in [0.5, 0.6) is 11.5 Å². The maximum Gasteiger partial charge on any atom is 0.338 e. The van der Waals surface area contributed by atoms with E-state index >= 15 is 0 Å². The van der Waals surface area contributed by atoms with Gasteiger partial charge in [-0.15, -0.1) is 0 Å². The average molecular weight is 489 g/mol. The largest absolute Gasteiger partial charge is 0.503 e. The fraction of sp³-hybridized carbons (Fsp3) is 0.304. The van der Waals surface area contributed by atoms with E-state index in [2.05, 4.69) is 21.2 Å². The summed E-state index contributed by atoms with van der Waals surface area (Å²) < 4.78 is 11.5. The molecule has 7 nitrogen and oxygen atoms in total. The second kappa shape index (κ2) is 9.87. The van der Waals surface area contributed by atoms with E-state index in [1.54, 1.807) is 33.0 Å². The van der Waals surface area contributed by atoms with Crippen LogP contribution < -0.4 is 10.1 Å². The molecule has 0 saturated heterocycles. The Bertz CT molecular complexity index is 1010. The topological polar surface area (TPSA) is 88.1 Å². The summed E-state index contributed by atoms with van der Waals surface area (Å²) in [5.41, 5.74) is 2.48. The van der Waals surface area contributed by atoms with Crippen molar-refractivity contribution < 1.29 is 24.2 Å². The van der Waals surface area contributed by atoms with E-state index in [-0.39, 0.29) is 24.1 Å². The molecule has 0 unspecified atom stereocenters. The molecule has 0 fully saturated rings. The molecule has 1 aliphatic rings. The highest BCUT2D eigenvalue weighted by Gasteiger charge is 2.35. The molecule has 0 spiro atoms. The summed E-state index contributed by atoms with van der Waals surface area (Å²) in [7, 11) is 1.59. The third kappa shape index (κ3) is 5.02. The van der Waals surface area contributed by atoms with Crippen LogP contribution in [-0.2, 0) is 16.0 Å². The van der Waals surface area contributed by atoms with Crippen LogP contribution in [0.3, 0.4) is 0 Å². The second-order valence-electron chi connectivity index (χ2n) is 7.09. The van der Waals surface area contributed by atoms with Gasteiger partial charge in [-0.1, -0.05) is 30.3 Å². The fourth-order valence-corrected chi connectivity index (χ4v) is 3.82. The van der Waals surface area contributed by atoms with Crippen molar-refractivity contribution in [3.8, 4) is 11.5 Å². The number of aromatic hydroxyl groups is 1. The van der Waals surface area contributed by atoms with Crippen LogP contribution in [0.2, 0.25) is 0 Å². The standard InChI is InChI=1S/C23H25BrN2O5/c1-4-30-18-13-16(12-17(24)21(18)27)20-19(14(2)26(3)23(29)25-20)22(28)31-11-10-15-8-6-5-7-9-15/h5-9,12-13,20,27H,4,10-11H2,1-3H3,(H,25,29)/t20-/m1/s1. The highest BCUT2D eigenvalue weighted by Crippen LogP contribution is 2.40. The molecular formula is C23H25BrN2O5. The van der Waals surface area contributed by atoms with Crippen LogP contribution >= 0.6 is 15.9 Å². The Morgan fingerprint density at radius 2 is 1.97 bits per heavy atom. The van der Waals surface area contributed by atoms with Crippen molar-refractivity contribution in [3.63, 3.8) is 0 Å². The molecule has 2 aromatic rings. The minimum absolute atomic E-state index is 0.0439. The van der Waals surface area contributed by atoms with Crippen molar-refractivity contribution in [1.82, 2.24) is 10.2 Å². The molecule has 31 heavy (non-hydrogen) atoms. The zero-order valence-corrected chi connectivity index (χ0v) is 19.2. The third-order valence-corrected chi connectivity index (χ3v) is 5.73. The lowest BCUT2D eigenvalue weighted by Gasteiger charge is -2.33. The van der Waals surface area contributed by atoms with Gasteiger partial charge in [0, 0.05) is 19.2 Å². The molecule has 0 aromatic heterocycles. The van der Waals surface area contributed by atoms with Crippen molar-refractivity contribution in [3.05, 3.63) is 69.3 Å². The number of esters is 1. The quantitative estimate of drug-likeness (QED) is 0.566. The number of benzene rings is 2. The molecule has 2 aromatic carbocycles. The van der Waals surface area contributed by atoms with Crippen molar-refractivity contribution in [2.24, 2.45) is 0 Å². The summed E-state index contributed by atoms with van der Waals surface area (Å²) in [5, 5.41) is 13.1. The Morgan fingerprint density at radius 3 is 2.65 bits per heavy atom. The number of rotatable bonds is 7. The van der Waals surface area contributed by atoms with Crippen LogP contribution in [-0.4, -0.2) is 42.3 Å². The molecular weight excluding hydrogens is 464 g/mol. The first kappa shape index (κ1) is 22.7. The molecule has 8 heteroatoms. The van der Waals surface area contributed by atoms with E-state index in [0.717, 1.165) is 5.56 Å². The number of carbonyl (C=O) groups excluding carboxylic acids is 2. The SMILES string of the molecule is CCOc1cc([C@H]2NC(=O)N(C)C(C)=C2C(=O)OCCc2ccccc2)cc(Br)c1O. The van der Waals surface area contributed by atoms with E-state index < -0.39 is 12.0 Å². The fourth-order valence-electron chi connectivity index (χ4n) is 3.36. The van der Waals surface area contributed by atoms with Gasteiger partial charge in [-0.2, -0.15) is 0 Å². The zero-order valence-electron chi connectivity index (χ0n) is 17.6. The summed E-state index contributed by atoms with van der Waals surface area (Å²) >= 11 is 3.32. The number of ether oxygens (including phenoxy) is 2. The summed E-state index contributed by atoms with van der Waals surface area (Å²) in [5.74, 6) is -0.292. The maximum absolute atomic E-state index is 13.0. The van der Waals surface area contributed by atoms with E-state index in [9.17, 15) is 14.7 Å². The molecule has 2 N–H and O–H groups in total. The minimum atomic E-state index is -0.746. The van der Waals surface area contributed by atoms with Gasteiger partial charge in [-0.05, 0) is 53.0 Å². The zero-order chi connectivity index (χ0) is 22.5. The van der Waals surface area contributed by atoms with Crippen molar-refractivity contribution in [2.75, 3.05) is 20.3 Å². The van der Waals surface area contributed by atoms with Gasteiger partial charge in [0.1, 0.15) is 0 Å². The number of allylic oxidation sites excluding steroid dienone is 1. The van der Waals surface area contributed by atoms with Gasteiger partial charge in [0.15, 0.2) is 11.5 Å². The number of nitrogens with zero attached hydrogens (tertiary/aromatic N) is 1. The summed E-state index contributed by atoms with van der Waals surface area (Å²) in [6, 6.07) is 11.9. The van der Waals surface area contributed by atoms with Gasteiger partial charge >= 0.3 is 12.0 Å². The van der Waals surface area contributed by atoms with Crippen LogP contribution in [0.25, 0.3) is 0 Å². The molecule has 0 saturated carbocycles. The molecule has 3 rings (SSSR count). The van der Waals surface area contributed by atoms with Crippen LogP contribution in [0.1, 0.15) is 31.0 Å². The number of hydrogen-bond acceptors (Lipinski definition) is 5. The van der Waals surface area contributed by atoms with Crippen molar-refractivity contribution in [1.29, 1.82) is 0 Å². The lowest BCUT2D eigenvalue weighted by atomic mass is 9.94. The van der Waals surface area contributed by atoms with Gasteiger partial charge in [0.2, 0.25) is 0 Å². The normalized spacial score (nSPS) is 16.2. The number of carbonyl (C=O) groups is 2. The highest BCUT2D eigenvalue weighted by atomic mass is 79.9. The average Bonchev–Trinajstić information content (AvgIpc) is 2.75. The number of phenolic OH excluding ortho intramolecular Hbond substituents is 1. The molecule has 164 valence electrons. The third-order valence-electron chi connectivity index (χ3n) is 5.12. The van der Waals surface area contributed by atoms with Gasteiger partial charge in [0.25, 0.3) is 0 Å². The number of amides is 2. The molecule has 1 atom stereocenters. The number of hydrogen-bond donors (Lipinski definition) is 2.